The number of para-hydroxylation sites is 1. The summed E-state index contributed by atoms with van der Waals surface area (Å²) in [7, 11) is 0. The lowest BCUT2D eigenvalue weighted by atomic mass is 10.1. The van der Waals surface area contributed by atoms with E-state index >= 15 is 0 Å². The first-order chi connectivity index (χ1) is 14.9. The molecule has 0 radical (unpaired) electrons. The summed E-state index contributed by atoms with van der Waals surface area (Å²) in [4.78, 5) is 36.9. The minimum Gasteiger partial charge on any atom is -0.508 e. The van der Waals surface area contributed by atoms with Gasteiger partial charge in [0.1, 0.15) is 5.75 Å². The van der Waals surface area contributed by atoms with Crippen LogP contribution in [-0.2, 0) is 9.59 Å². The summed E-state index contributed by atoms with van der Waals surface area (Å²) >= 11 is 0. The minimum atomic E-state index is -0.996. The quantitative estimate of drug-likeness (QED) is 0.290. The fraction of sp³-hybridized carbons (Fsp3) is 0.0435. The molecule has 0 aliphatic carbocycles. The number of hydrogen-bond acceptors (Lipinski definition) is 5. The third-order valence-electron chi connectivity index (χ3n) is 4.17. The van der Waals surface area contributed by atoms with E-state index in [1.165, 1.54) is 24.4 Å². The van der Waals surface area contributed by atoms with Crippen LogP contribution in [0.1, 0.15) is 21.5 Å². The number of aryl methyl sites for hydroxylation is 1. The Balaban J connectivity index is 1.63. The van der Waals surface area contributed by atoms with Gasteiger partial charge in [-0.25, -0.2) is 5.43 Å². The topological polar surface area (TPSA) is 120 Å². The largest absolute Gasteiger partial charge is 0.508 e. The summed E-state index contributed by atoms with van der Waals surface area (Å²) in [5, 5.41) is 18.1. The predicted octanol–water partition coefficient (Wildman–Crippen LogP) is 3.04. The SMILES string of the molecule is Cc1cccc(NC(=O)c2ccccc2NC(=O)C(=O)N/N=C\c2ccc(O)cc2)c1. The summed E-state index contributed by atoms with van der Waals surface area (Å²) < 4.78 is 0. The Hall–Kier alpha value is -4.46. The normalized spacial score (nSPS) is 10.5. The monoisotopic (exact) mass is 416 g/mol. The molecule has 0 saturated carbocycles. The molecule has 0 atom stereocenters. The van der Waals surface area contributed by atoms with Crippen LogP contribution >= 0.6 is 0 Å². The second-order valence-corrected chi connectivity index (χ2v) is 6.61. The van der Waals surface area contributed by atoms with Crippen LogP contribution in [0.15, 0.2) is 77.9 Å². The highest BCUT2D eigenvalue weighted by Gasteiger charge is 2.17. The van der Waals surface area contributed by atoms with Crippen LogP contribution in [0.2, 0.25) is 0 Å². The van der Waals surface area contributed by atoms with Crippen molar-refractivity contribution in [3.8, 4) is 5.75 Å². The van der Waals surface area contributed by atoms with E-state index in [0.29, 0.717) is 11.3 Å². The van der Waals surface area contributed by atoms with Gasteiger partial charge in [-0.15, -0.1) is 0 Å². The number of anilines is 2. The third-order valence-corrected chi connectivity index (χ3v) is 4.17. The maximum absolute atomic E-state index is 12.6. The van der Waals surface area contributed by atoms with Crippen molar-refractivity contribution >= 4 is 35.3 Å². The van der Waals surface area contributed by atoms with Gasteiger partial charge < -0.3 is 15.7 Å². The number of carbonyl (C=O) groups excluding carboxylic acids is 3. The highest BCUT2D eigenvalue weighted by Crippen LogP contribution is 2.18. The first kappa shape index (κ1) is 21.3. The van der Waals surface area contributed by atoms with Crippen molar-refractivity contribution in [3.05, 3.63) is 89.5 Å². The maximum Gasteiger partial charge on any atom is 0.329 e. The molecular weight excluding hydrogens is 396 g/mol. The molecule has 0 saturated heterocycles. The number of nitrogens with zero attached hydrogens (tertiary/aromatic N) is 1. The molecule has 3 aromatic carbocycles. The molecule has 3 aromatic rings. The van der Waals surface area contributed by atoms with Gasteiger partial charge >= 0.3 is 11.8 Å². The van der Waals surface area contributed by atoms with E-state index in [9.17, 15) is 19.5 Å². The van der Waals surface area contributed by atoms with Gasteiger partial charge in [0, 0.05) is 5.69 Å². The molecule has 3 rings (SSSR count). The Bertz CT molecular complexity index is 1140. The van der Waals surface area contributed by atoms with Gasteiger partial charge in [0.05, 0.1) is 17.5 Å². The number of amides is 3. The second-order valence-electron chi connectivity index (χ2n) is 6.61. The molecule has 8 nitrogen and oxygen atoms in total. The molecule has 0 fully saturated rings. The van der Waals surface area contributed by atoms with E-state index in [1.54, 1.807) is 36.4 Å². The second kappa shape index (κ2) is 9.84. The summed E-state index contributed by atoms with van der Waals surface area (Å²) in [6.45, 7) is 1.91. The number of benzene rings is 3. The van der Waals surface area contributed by atoms with Gasteiger partial charge in [-0.3, -0.25) is 14.4 Å². The van der Waals surface area contributed by atoms with Gasteiger partial charge in [-0.05, 0) is 66.6 Å². The van der Waals surface area contributed by atoms with Gasteiger partial charge in [-0.1, -0.05) is 24.3 Å². The predicted molar refractivity (Wildman–Crippen MR) is 118 cm³/mol. The first-order valence-electron chi connectivity index (χ1n) is 9.33. The molecule has 0 heterocycles. The lowest BCUT2D eigenvalue weighted by Crippen LogP contribution is -2.33. The van der Waals surface area contributed by atoms with E-state index in [0.717, 1.165) is 5.56 Å². The highest BCUT2D eigenvalue weighted by atomic mass is 16.3. The molecule has 4 N–H and O–H groups in total. The standard InChI is InChI=1S/C23H20N4O4/c1-15-5-4-6-17(13-15)25-21(29)19-7-2-3-8-20(19)26-22(30)23(31)27-24-14-16-9-11-18(28)12-10-16/h2-14,28H,1H3,(H,25,29)(H,26,30)(H,27,31)/b24-14-. The van der Waals surface area contributed by atoms with E-state index in [4.69, 9.17) is 0 Å². The van der Waals surface area contributed by atoms with E-state index in [1.807, 2.05) is 25.1 Å². The molecule has 156 valence electrons. The molecule has 0 aliphatic rings. The summed E-state index contributed by atoms with van der Waals surface area (Å²) in [6.07, 6.45) is 1.33. The van der Waals surface area contributed by atoms with Crippen molar-refractivity contribution in [3.63, 3.8) is 0 Å². The lowest BCUT2D eigenvalue weighted by Gasteiger charge is -2.11. The summed E-state index contributed by atoms with van der Waals surface area (Å²) in [6, 6.07) is 19.8. The van der Waals surface area contributed by atoms with Crippen LogP contribution in [0.5, 0.6) is 5.75 Å². The number of phenolic OH excluding ortho intramolecular Hbond substituents is 1. The minimum absolute atomic E-state index is 0.102. The van der Waals surface area contributed by atoms with Crippen molar-refractivity contribution < 1.29 is 19.5 Å². The fourth-order valence-electron chi connectivity index (χ4n) is 2.67. The van der Waals surface area contributed by atoms with Crippen molar-refractivity contribution in [2.45, 2.75) is 6.92 Å². The number of nitrogens with one attached hydrogen (secondary N) is 3. The molecule has 31 heavy (non-hydrogen) atoms. The first-order valence-corrected chi connectivity index (χ1v) is 9.33. The van der Waals surface area contributed by atoms with Crippen LogP contribution in [0.4, 0.5) is 11.4 Å². The Morgan fingerprint density at radius 2 is 1.61 bits per heavy atom. The zero-order valence-electron chi connectivity index (χ0n) is 16.6. The van der Waals surface area contributed by atoms with Gasteiger partial charge in [0.15, 0.2) is 0 Å². The molecule has 3 amide bonds. The third kappa shape index (κ3) is 6.01. The molecule has 0 aliphatic heterocycles. The summed E-state index contributed by atoms with van der Waals surface area (Å²) in [5.74, 6) is -2.29. The van der Waals surface area contributed by atoms with Crippen LogP contribution in [0.3, 0.4) is 0 Å². The maximum atomic E-state index is 12.6. The van der Waals surface area contributed by atoms with Crippen molar-refractivity contribution in [2.75, 3.05) is 10.6 Å². The van der Waals surface area contributed by atoms with Crippen LogP contribution in [0.25, 0.3) is 0 Å². The van der Waals surface area contributed by atoms with E-state index in [2.05, 4.69) is 21.2 Å². The van der Waals surface area contributed by atoms with Crippen molar-refractivity contribution in [1.82, 2.24) is 5.43 Å². The average molecular weight is 416 g/mol. The molecule has 0 aromatic heterocycles. The number of phenols is 1. The Morgan fingerprint density at radius 1 is 0.871 bits per heavy atom. The van der Waals surface area contributed by atoms with E-state index in [-0.39, 0.29) is 17.0 Å². The van der Waals surface area contributed by atoms with Crippen LogP contribution in [-0.4, -0.2) is 29.0 Å². The molecule has 8 heteroatoms. The van der Waals surface area contributed by atoms with Crippen LogP contribution < -0.4 is 16.1 Å². The van der Waals surface area contributed by atoms with Crippen molar-refractivity contribution in [2.24, 2.45) is 5.10 Å². The highest BCUT2D eigenvalue weighted by molar-refractivity contribution is 6.40. The smallest absolute Gasteiger partial charge is 0.329 e. The average Bonchev–Trinajstić information content (AvgIpc) is 2.75. The Labute approximate surface area is 178 Å². The number of carbonyl (C=O) groups is 3. The van der Waals surface area contributed by atoms with Crippen molar-refractivity contribution in [1.29, 1.82) is 0 Å². The van der Waals surface area contributed by atoms with Crippen LogP contribution in [0, 0.1) is 6.92 Å². The molecular formula is C23H20N4O4. The van der Waals surface area contributed by atoms with Gasteiger partial charge in [0.2, 0.25) is 0 Å². The number of hydrazone groups is 1. The van der Waals surface area contributed by atoms with E-state index < -0.39 is 17.7 Å². The number of rotatable bonds is 5. The molecule has 0 bridgehead atoms. The zero-order valence-corrected chi connectivity index (χ0v) is 16.6. The molecule has 0 spiro atoms. The number of aromatic hydroxyl groups is 1. The summed E-state index contributed by atoms with van der Waals surface area (Å²) in [5.41, 5.74) is 4.74. The Kier molecular flexibility index (Phi) is 6.74. The number of hydrogen-bond donors (Lipinski definition) is 4. The van der Waals surface area contributed by atoms with Gasteiger partial charge in [0.25, 0.3) is 5.91 Å². The molecule has 0 unspecified atom stereocenters. The zero-order chi connectivity index (χ0) is 22.2. The fourth-order valence-corrected chi connectivity index (χ4v) is 2.67. The lowest BCUT2D eigenvalue weighted by molar-refractivity contribution is -0.136. The van der Waals surface area contributed by atoms with Gasteiger partial charge in [-0.2, -0.15) is 5.10 Å². The Morgan fingerprint density at radius 3 is 2.35 bits per heavy atom.